The van der Waals surface area contributed by atoms with Crippen LogP contribution in [0.15, 0.2) is 30.7 Å². The molecule has 4 heterocycles. The molecule has 4 rings (SSSR count). The Labute approximate surface area is 228 Å². The second-order valence-electron chi connectivity index (χ2n) is 10.8. The molecule has 0 radical (unpaired) electrons. The molecular formula is C26H36ClN7O4. The van der Waals surface area contributed by atoms with Crippen molar-refractivity contribution in [1.29, 1.82) is 0 Å². The lowest BCUT2D eigenvalue weighted by Crippen LogP contribution is -2.50. The standard InChI is InChI=1S/C26H36ClN7O4/c1-18(33-17-20(27)14-29-33)23(35)30-34(25(37)38-26(2,3)4)21-9-10-22(28-15-21)32-13-7-8-19(16-32)24(36)31-11-5-6-12-31/h9-10,14-15,17-19H,5-8,11-13,16H2,1-4H3,(H,30,35). The smallest absolute Gasteiger partial charge is 0.434 e. The predicted octanol–water partition coefficient (Wildman–Crippen LogP) is 3.80. The van der Waals surface area contributed by atoms with E-state index in [1.54, 1.807) is 39.8 Å². The summed E-state index contributed by atoms with van der Waals surface area (Å²) in [5.74, 6) is 0.412. The molecule has 2 aromatic rings. The molecule has 0 bridgehead atoms. The van der Waals surface area contributed by atoms with Crippen LogP contribution in [0.25, 0.3) is 0 Å². The number of carbonyl (C=O) groups excluding carboxylic acids is 3. The van der Waals surface area contributed by atoms with Crippen LogP contribution >= 0.6 is 11.6 Å². The number of ether oxygens (including phenoxy) is 1. The van der Waals surface area contributed by atoms with Gasteiger partial charge in [-0.2, -0.15) is 10.1 Å². The third-order valence-corrected chi connectivity index (χ3v) is 6.84. The first-order valence-electron chi connectivity index (χ1n) is 13.0. The van der Waals surface area contributed by atoms with Crippen LogP contribution in [0.4, 0.5) is 16.3 Å². The number of amides is 3. The molecule has 0 aliphatic carbocycles. The first-order chi connectivity index (χ1) is 18.0. The Hall–Kier alpha value is -3.34. The Morgan fingerprint density at radius 2 is 1.87 bits per heavy atom. The molecule has 0 spiro atoms. The molecule has 1 N–H and O–H groups in total. The van der Waals surface area contributed by atoms with Gasteiger partial charge in [0.2, 0.25) is 5.91 Å². The predicted molar refractivity (Wildman–Crippen MR) is 144 cm³/mol. The van der Waals surface area contributed by atoms with Crippen LogP contribution in [0, 0.1) is 5.92 Å². The summed E-state index contributed by atoms with van der Waals surface area (Å²) in [4.78, 5) is 47.6. The van der Waals surface area contributed by atoms with E-state index in [1.165, 1.54) is 23.3 Å². The average molecular weight is 546 g/mol. The van der Waals surface area contributed by atoms with E-state index in [9.17, 15) is 14.4 Å². The molecule has 38 heavy (non-hydrogen) atoms. The van der Waals surface area contributed by atoms with Crippen molar-refractivity contribution in [2.45, 2.75) is 65.0 Å². The number of hydrogen-bond acceptors (Lipinski definition) is 7. The number of halogens is 1. The fraction of sp³-hybridized carbons (Fsp3) is 0.577. The van der Waals surface area contributed by atoms with Crippen LogP contribution in [-0.2, 0) is 14.3 Å². The van der Waals surface area contributed by atoms with E-state index in [-0.39, 0.29) is 11.8 Å². The number of nitrogens with zero attached hydrogens (tertiary/aromatic N) is 6. The van der Waals surface area contributed by atoms with Gasteiger partial charge in [-0.15, -0.1) is 0 Å². The first kappa shape index (κ1) is 27.7. The number of pyridine rings is 1. The number of rotatable bonds is 5. The van der Waals surface area contributed by atoms with Crippen molar-refractivity contribution in [3.05, 3.63) is 35.7 Å². The highest BCUT2D eigenvalue weighted by Crippen LogP contribution is 2.26. The summed E-state index contributed by atoms with van der Waals surface area (Å²) in [6, 6.07) is 2.75. The van der Waals surface area contributed by atoms with Crippen molar-refractivity contribution in [1.82, 2.24) is 25.1 Å². The van der Waals surface area contributed by atoms with Crippen molar-refractivity contribution >= 4 is 41.0 Å². The molecule has 2 aliphatic heterocycles. The number of piperidine rings is 1. The van der Waals surface area contributed by atoms with Crippen LogP contribution < -0.4 is 15.3 Å². The second kappa shape index (κ2) is 11.6. The van der Waals surface area contributed by atoms with Gasteiger partial charge in [-0.3, -0.25) is 19.7 Å². The van der Waals surface area contributed by atoms with Gasteiger partial charge >= 0.3 is 6.09 Å². The van der Waals surface area contributed by atoms with Gasteiger partial charge in [0.1, 0.15) is 17.5 Å². The van der Waals surface area contributed by atoms with Crippen molar-refractivity contribution in [2.24, 2.45) is 5.92 Å². The Balaban J connectivity index is 1.49. The average Bonchev–Trinajstić information content (AvgIpc) is 3.58. The Kier molecular flexibility index (Phi) is 8.44. The highest BCUT2D eigenvalue weighted by molar-refractivity contribution is 6.30. The van der Waals surface area contributed by atoms with Gasteiger partial charge in [0.05, 0.1) is 29.0 Å². The fourth-order valence-corrected chi connectivity index (χ4v) is 4.80. The van der Waals surface area contributed by atoms with Gasteiger partial charge < -0.3 is 14.5 Å². The summed E-state index contributed by atoms with van der Waals surface area (Å²) in [7, 11) is 0. The summed E-state index contributed by atoms with van der Waals surface area (Å²) >= 11 is 5.94. The van der Waals surface area contributed by atoms with Crippen molar-refractivity contribution in [2.75, 3.05) is 36.1 Å². The molecule has 3 amide bonds. The quantitative estimate of drug-likeness (QED) is 0.568. The molecule has 2 aliphatic rings. The molecule has 0 saturated carbocycles. The number of hydrogen-bond donors (Lipinski definition) is 1. The maximum atomic E-state index is 13.1. The maximum absolute atomic E-state index is 13.1. The van der Waals surface area contributed by atoms with Crippen molar-refractivity contribution in [3.63, 3.8) is 0 Å². The zero-order valence-electron chi connectivity index (χ0n) is 22.4. The van der Waals surface area contributed by atoms with E-state index in [0.29, 0.717) is 23.1 Å². The monoisotopic (exact) mass is 545 g/mol. The van der Waals surface area contributed by atoms with Gasteiger partial charge in [0, 0.05) is 32.4 Å². The van der Waals surface area contributed by atoms with E-state index in [4.69, 9.17) is 16.3 Å². The SMILES string of the molecule is CC(C(=O)NN(C(=O)OC(C)(C)C)c1ccc(N2CCCC(C(=O)N3CCCC3)C2)nc1)n1cc(Cl)cn1. The number of carbonyl (C=O) groups is 3. The number of aromatic nitrogens is 3. The van der Waals surface area contributed by atoms with Gasteiger partial charge in [0.15, 0.2) is 0 Å². The van der Waals surface area contributed by atoms with Gasteiger partial charge in [-0.25, -0.2) is 9.78 Å². The van der Waals surface area contributed by atoms with Crippen molar-refractivity contribution in [3.8, 4) is 0 Å². The van der Waals surface area contributed by atoms with Gasteiger partial charge in [0.25, 0.3) is 5.91 Å². The third kappa shape index (κ3) is 6.75. The van der Waals surface area contributed by atoms with Crippen LogP contribution in [-0.4, -0.2) is 69.4 Å². The molecule has 2 aromatic heterocycles. The minimum absolute atomic E-state index is 0.0434. The molecule has 11 nitrogen and oxygen atoms in total. The number of likely N-dealkylation sites (tertiary alicyclic amines) is 1. The lowest BCUT2D eigenvalue weighted by atomic mass is 9.96. The molecule has 2 unspecified atom stereocenters. The van der Waals surface area contributed by atoms with Crippen LogP contribution in [0.2, 0.25) is 5.02 Å². The third-order valence-electron chi connectivity index (χ3n) is 6.65. The van der Waals surface area contributed by atoms with Crippen molar-refractivity contribution < 1.29 is 19.1 Å². The van der Waals surface area contributed by atoms with Crippen LogP contribution in [0.5, 0.6) is 0 Å². The van der Waals surface area contributed by atoms with Crippen LogP contribution in [0.1, 0.15) is 59.4 Å². The Morgan fingerprint density at radius 3 is 2.47 bits per heavy atom. The van der Waals surface area contributed by atoms with E-state index >= 15 is 0 Å². The Morgan fingerprint density at radius 1 is 1.13 bits per heavy atom. The largest absolute Gasteiger partial charge is 0.442 e. The maximum Gasteiger partial charge on any atom is 0.434 e. The van der Waals surface area contributed by atoms with Gasteiger partial charge in [-0.1, -0.05) is 11.6 Å². The lowest BCUT2D eigenvalue weighted by Gasteiger charge is -2.35. The summed E-state index contributed by atoms with van der Waals surface area (Å²) in [5, 5.41) is 5.51. The molecule has 2 fully saturated rings. The highest BCUT2D eigenvalue weighted by atomic mass is 35.5. The summed E-state index contributed by atoms with van der Waals surface area (Å²) in [5.41, 5.74) is 2.19. The minimum Gasteiger partial charge on any atom is -0.442 e. The molecule has 2 atom stereocenters. The highest BCUT2D eigenvalue weighted by Gasteiger charge is 2.32. The Bertz CT molecular complexity index is 1140. The topological polar surface area (TPSA) is 113 Å². The first-order valence-corrected chi connectivity index (χ1v) is 13.4. The fourth-order valence-electron chi connectivity index (χ4n) is 4.65. The zero-order chi connectivity index (χ0) is 27.4. The number of anilines is 2. The number of nitrogens with one attached hydrogen (secondary N) is 1. The zero-order valence-corrected chi connectivity index (χ0v) is 23.1. The van der Waals surface area contributed by atoms with Gasteiger partial charge in [-0.05, 0) is 65.5 Å². The van der Waals surface area contributed by atoms with E-state index in [0.717, 1.165) is 50.3 Å². The summed E-state index contributed by atoms with van der Waals surface area (Å²) in [6.45, 7) is 9.99. The lowest BCUT2D eigenvalue weighted by molar-refractivity contribution is -0.134. The molecule has 0 aromatic carbocycles. The second-order valence-corrected chi connectivity index (χ2v) is 11.2. The molecule has 12 heteroatoms. The van der Waals surface area contributed by atoms with E-state index in [2.05, 4.69) is 20.4 Å². The summed E-state index contributed by atoms with van der Waals surface area (Å²) in [6.07, 6.45) is 7.66. The minimum atomic E-state index is -0.779. The van der Waals surface area contributed by atoms with Crippen LogP contribution in [0.3, 0.4) is 0 Å². The normalized spacial score (nSPS) is 18.7. The van der Waals surface area contributed by atoms with E-state index in [1.807, 2.05) is 4.90 Å². The molecular weight excluding hydrogens is 510 g/mol. The summed E-state index contributed by atoms with van der Waals surface area (Å²) < 4.78 is 6.93. The molecule has 206 valence electrons. The molecule has 2 saturated heterocycles. The number of hydrazine groups is 1. The van der Waals surface area contributed by atoms with E-state index < -0.39 is 23.6 Å².